The Kier molecular flexibility index (Phi) is 2.83. The zero-order valence-electron chi connectivity index (χ0n) is 7.83. The van der Waals surface area contributed by atoms with E-state index in [-0.39, 0.29) is 0 Å². The molecule has 2 nitrogen and oxygen atoms in total. The van der Waals surface area contributed by atoms with Crippen molar-refractivity contribution in [3.8, 4) is 0 Å². The van der Waals surface area contributed by atoms with Crippen LogP contribution in [-0.4, -0.2) is 4.98 Å². The van der Waals surface area contributed by atoms with Gasteiger partial charge in [0.05, 0.1) is 5.69 Å². The fourth-order valence-electron chi connectivity index (χ4n) is 2.09. The summed E-state index contributed by atoms with van der Waals surface area (Å²) in [5, 5.41) is 2.80. The van der Waals surface area contributed by atoms with Crippen LogP contribution in [0.25, 0.3) is 0 Å². The number of anilines is 1. The molecule has 0 aromatic carbocycles. The minimum absolute atomic E-state index is 0.710. The molecule has 1 aliphatic carbocycles. The molecule has 1 aromatic rings. The molecule has 0 spiro atoms. The Morgan fingerprint density at radius 3 is 2.85 bits per heavy atom. The van der Waals surface area contributed by atoms with Gasteiger partial charge < -0.3 is 5.73 Å². The molecule has 1 saturated carbocycles. The molecule has 0 saturated heterocycles. The summed E-state index contributed by atoms with van der Waals surface area (Å²) in [6, 6.07) is 0. The molecule has 1 fully saturated rings. The van der Waals surface area contributed by atoms with E-state index in [1.165, 1.54) is 37.8 Å². The SMILES string of the molecule is Nc1nc(CCC2CCCC2)cs1. The molecule has 0 bridgehead atoms. The number of hydrogen-bond donors (Lipinski definition) is 1. The number of aryl methyl sites for hydroxylation is 1. The normalized spacial score (nSPS) is 18.2. The summed E-state index contributed by atoms with van der Waals surface area (Å²) < 4.78 is 0. The summed E-state index contributed by atoms with van der Waals surface area (Å²) in [5.41, 5.74) is 6.76. The molecule has 1 heterocycles. The van der Waals surface area contributed by atoms with E-state index >= 15 is 0 Å². The Balaban J connectivity index is 1.78. The zero-order valence-corrected chi connectivity index (χ0v) is 8.65. The topological polar surface area (TPSA) is 38.9 Å². The van der Waals surface area contributed by atoms with E-state index in [0.717, 1.165) is 12.3 Å². The van der Waals surface area contributed by atoms with Crippen LogP contribution in [0.3, 0.4) is 0 Å². The summed E-state index contributed by atoms with van der Waals surface area (Å²) >= 11 is 1.55. The van der Waals surface area contributed by atoms with E-state index < -0.39 is 0 Å². The molecule has 3 heteroatoms. The fraction of sp³-hybridized carbons (Fsp3) is 0.700. The second-order valence-corrected chi connectivity index (χ2v) is 4.76. The highest BCUT2D eigenvalue weighted by Gasteiger charge is 2.14. The lowest BCUT2D eigenvalue weighted by Gasteiger charge is -2.05. The third kappa shape index (κ3) is 2.44. The first-order valence-electron chi connectivity index (χ1n) is 5.04. The lowest BCUT2D eigenvalue weighted by molar-refractivity contribution is 0.501. The lowest BCUT2D eigenvalue weighted by atomic mass is 10.0. The molecule has 2 N–H and O–H groups in total. The maximum absolute atomic E-state index is 5.57. The highest BCUT2D eigenvalue weighted by Crippen LogP contribution is 2.28. The number of nitrogen functional groups attached to an aromatic ring is 1. The van der Waals surface area contributed by atoms with Gasteiger partial charge in [-0.3, -0.25) is 0 Å². The van der Waals surface area contributed by atoms with Crippen molar-refractivity contribution >= 4 is 16.5 Å². The Hall–Kier alpha value is -0.570. The van der Waals surface area contributed by atoms with Gasteiger partial charge in [-0.25, -0.2) is 4.98 Å². The quantitative estimate of drug-likeness (QED) is 0.807. The van der Waals surface area contributed by atoms with Crippen LogP contribution in [0.1, 0.15) is 37.8 Å². The highest BCUT2D eigenvalue weighted by molar-refractivity contribution is 7.13. The standard InChI is InChI=1S/C10H16N2S/c11-10-12-9(7-13-10)6-5-8-3-1-2-4-8/h7-8H,1-6H2,(H2,11,12). The Morgan fingerprint density at radius 2 is 2.23 bits per heavy atom. The van der Waals surface area contributed by atoms with Gasteiger partial charge in [-0.1, -0.05) is 25.7 Å². The fourth-order valence-corrected chi connectivity index (χ4v) is 2.69. The minimum atomic E-state index is 0.710. The molecule has 0 atom stereocenters. The third-order valence-electron chi connectivity index (χ3n) is 2.85. The second kappa shape index (κ2) is 4.09. The zero-order chi connectivity index (χ0) is 9.10. The van der Waals surface area contributed by atoms with Crippen LogP contribution in [0.4, 0.5) is 5.13 Å². The first-order chi connectivity index (χ1) is 6.34. The van der Waals surface area contributed by atoms with Gasteiger partial charge in [-0.2, -0.15) is 0 Å². The second-order valence-electron chi connectivity index (χ2n) is 3.87. The number of hydrogen-bond acceptors (Lipinski definition) is 3. The van der Waals surface area contributed by atoms with Crippen LogP contribution in [0.15, 0.2) is 5.38 Å². The molecule has 72 valence electrons. The maximum atomic E-state index is 5.57. The molecule has 0 aliphatic heterocycles. The van der Waals surface area contributed by atoms with Crippen molar-refractivity contribution in [3.05, 3.63) is 11.1 Å². The number of nitrogens with two attached hydrogens (primary N) is 1. The summed E-state index contributed by atoms with van der Waals surface area (Å²) in [5.74, 6) is 0.961. The van der Waals surface area contributed by atoms with Crippen molar-refractivity contribution < 1.29 is 0 Å². The van der Waals surface area contributed by atoms with Crippen molar-refractivity contribution in [1.82, 2.24) is 4.98 Å². The third-order valence-corrected chi connectivity index (χ3v) is 3.58. The predicted molar refractivity (Wildman–Crippen MR) is 56.8 cm³/mol. The van der Waals surface area contributed by atoms with Gasteiger partial charge in [-0.05, 0) is 18.8 Å². The largest absolute Gasteiger partial charge is 0.375 e. The van der Waals surface area contributed by atoms with Gasteiger partial charge in [0.2, 0.25) is 0 Å². The van der Waals surface area contributed by atoms with Crippen molar-refractivity contribution in [3.63, 3.8) is 0 Å². The monoisotopic (exact) mass is 196 g/mol. The number of nitrogens with zero attached hydrogens (tertiary/aromatic N) is 1. The average Bonchev–Trinajstić information content (AvgIpc) is 2.71. The number of aromatic nitrogens is 1. The van der Waals surface area contributed by atoms with Crippen LogP contribution >= 0.6 is 11.3 Å². The minimum Gasteiger partial charge on any atom is -0.375 e. The number of thiazole rings is 1. The Labute approximate surface area is 83.2 Å². The summed E-state index contributed by atoms with van der Waals surface area (Å²) in [7, 11) is 0. The first kappa shape index (κ1) is 9.00. The highest BCUT2D eigenvalue weighted by atomic mass is 32.1. The smallest absolute Gasteiger partial charge is 0.180 e. The summed E-state index contributed by atoms with van der Waals surface area (Å²) in [6.07, 6.45) is 8.16. The molecule has 0 radical (unpaired) electrons. The lowest BCUT2D eigenvalue weighted by Crippen LogP contribution is -1.96. The molecule has 0 unspecified atom stereocenters. The van der Waals surface area contributed by atoms with Gasteiger partial charge in [0.15, 0.2) is 5.13 Å². The van der Waals surface area contributed by atoms with Crippen LogP contribution in [-0.2, 0) is 6.42 Å². The molecule has 2 rings (SSSR count). The van der Waals surface area contributed by atoms with E-state index in [1.54, 1.807) is 11.3 Å². The van der Waals surface area contributed by atoms with E-state index in [0.29, 0.717) is 5.13 Å². The van der Waals surface area contributed by atoms with Gasteiger partial charge >= 0.3 is 0 Å². The predicted octanol–water partition coefficient (Wildman–Crippen LogP) is 2.85. The molecule has 0 amide bonds. The Morgan fingerprint density at radius 1 is 1.46 bits per heavy atom. The van der Waals surface area contributed by atoms with Crippen molar-refractivity contribution in [2.45, 2.75) is 38.5 Å². The van der Waals surface area contributed by atoms with Crippen LogP contribution in [0.5, 0.6) is 0 Å². The van der Waals surface area contributed by atoms with E-state index in [2.05, 4.69) is 10.4 Å². The van der Waals surface area contributed by atoms with Gasteiger partial charge in [0, 0.05) is 5.38 Å². The van der Waals surface area contributed by atoms with Crippen molar-refractivity contribution in [1.29, 1.82) is 0 Å². The van der Waals surface area contributed by atoms with Crippen LogP contribution < -0.4 is 5.73 Å². The van der Waals surface area contributed by atoms with Crippen molar-refractivity contribution in [2.24, 2.45) is 5.92 Å². The van der Waals surface area contributed by atoms with Gasteiger partial charge in [0.25, 0.3) is 0 Å². The van der Waals surface area contributed by atoms with Crippen molar-refractivity contribution in [2.75, 3.05) is 5.73 Å². The van der Waals surface area contributed by atoms with E-state index in [4.69, 9.17) is 5.73 Å². The summed E-state index contributed by atoms with van der Waals surface area (Å²) in [4.78, 5) is 4.27. The molecule has 1 aliphatic rings. The first-order valence-corrected chi connectivity index (χ1v) is 5.92. The molecular weight excluding hydrogens is 180 g/mol. The number of rotatable bonds is 3. The summed E-state index contributed by atoms with van der Waals surface area (Å²) in [6.45, 7) is 0. The molecule has 1 aromatic heterocycles. The van der Waals surface area contributed by atoms with Gasteiger partial charge in [0.1, 0.15) is 0 Å². The van der Waals surface area contributed by atoms with E-state index in [1.807, 2.05) is 0 Å². The molecule has 13 heavy (non-hydrogen) atoms. The van der Waals surface area contributed by atoms with Crippen LogP contribution in [0.2, 0.25) is 0 Å². The van der Waals surface area contributed by atoms with Gasteiger partial charge in [-0.15, -0.1) is 11.3 Å². The Bertz CT molecular complexity index is 264. The van der Waals surface area contributed by atoms with E-state index in [9.17, 15) is 0 Å². The maximum Gasteiger partial charge on any atom is 0.180 e. The molecular formula is C10H16N2S. The van der Waals surface area contributed by atoms with Crippen LogP contribution in [0, 0.1) is 5.92 Å². The average molecular weight is 196 g/mol.